The number of fused-ring (bicyclic) bond motifs is 2. The Bertz CT molecular complexity index is 1300. The molecule has 3 aromatic rings. The van der Waals surface area contributed by atoms with Gasteiger partial charge in [-0.05, 0) is 62.1 Å². The molecular weight excluding hydrogens is 492 g/mol. The molecule has 2 unspecified atom stereocenters. The lowest BCUT2D eigenvalue weighted by molar-refractivity contribution is -0.152. The van der Waals surface area contributed by atoms with Gasteiger partial charge in [0.2, 0.25) is 6.79 Å². The van der Waals surface area contributed by atoms with Gasteiger partial charge >= 0.3 is 5.97 Å². The van der Waals surface area contributed by atoms with E-state index in [4.69, 9.17) is 18.9 Å². The number of nitrogens with zero attached hydrogens (tertiary/aromatic N) is 2. The van der Waals surface area contributed by atoms with Gasteiger partial charge in [0.05, 0.1) is 10.9 Å². The molecule has 192 valence electrons. The molecule has 0 saturated carbocycles. The van der Waals surface area contributed by atoms with E-state index >= 15 is 0 Å². The highest BCUT2D eigenvalue weighted by molar-refractivity contribution is 7.99. The summed E-state index contributed by atoms with van der Waals surface area (Å²) in [6.07, 6.45) is -1.03. The average molecular weight is 521 g/mol. The first-order chi connectivity index (χ1) is 17.9. The number of hydrogen-bond acceptors (Lipinski definition) is 8. The SMILES string of the molecule is CC(=O)OC1C(=O)N(CCN(C)C)c2ccc(Oc3ccccc3)cc2SC1c1ccc2c(c1)OCO2. The molecule has 0 radical (unpaired) electrons. The number of esters is 1. The minimum atomic E-state index is -1.03. The van der Waals surface area contributed by atoms with E-state index in [1.54, 1.807) is 4.90 Å². The number of para-hydroxylation sites is 1. The Balaban J connectivity index is 1.58. The highest BCUT2D eigenvalue weighted by Gasteiger charge is 2.41. The molecule has 0 saturated heterocycles. The Kier molecular flexibility index (Phi) is 7.25. The summed E-state index contributed by atoms with van der Waals surface area (Å²) in [6, 6.07) is 20.7. The fraction of sp³-hybridized carbons (Fsp3) is 0.286. The Morgan fingerprint density at radius 2 is 1.81 bits per heavy atom. The van der Waals surface area contributed by atoms with Crippen molar-refractivity contribution < 1.29 is 28.5 Å². The molecular formula is C28H28N2O6S. The van der Waals surface area contributed by atoms with E-state index in [0.29, 0.717) is 36.1 Å². The molecule has 8 nitrogen and oxygen atoms in total. The predicted octanol–water partition coefficient (Wildman–Crippen LogP) is 4.88. The van der Waals surface area contributed by atoms with Crippen LogP contribution >= 0.6 is 11.8 Å². The smallest absolute Gasteiger partial charge is 0.303 e. The molecule has 5 rings (SSSR count). The lowest BCUT2D eigenvalue weighted by Crippen LogP contribution is -2.45. The third kappa shape index (κ3) is 5.52. The largest absolute Gasteiger partial charge is 0.457 e. The van der Waals surface area contributed by atoms with E-state index in [0.717, 1.165) is 16.1 Å². The van der Waals surface area contributed by atoms with Crippen molar-refractivity contribution in [2.75, 3.05) is 38.9 Å². The maximum atomic E-state index is 14.0. The molecule has 0 N–H and O–H groups in total. The van der Waals surface area contributed by atoms with Gasteiger partial charge in [-0.15, -0.1) is 11.8 Å². The number of ether oxygens (including phenoxy) is 4. The first-order valence-electron chi connectivity index (χ1n) is 12.0. The van der Waals surface area contributed by atoms with Crippen LogP contribution in [-0.4, -0.2) is 56.9 Å². The van der Waals surface area contributed by atoms with Gasteiger partial charge < -0.3 is 28.7 Å². The summed E-state index contributed by atoms with van der Waals surface area (Å²) < 4.78 is 22.8. The Morgan fingerprint density at radius 1 is 1.03 bits per heavy atom. The van der Waals surface area contributed by atoms with Gasteiger partial charge in [0, 0.05) is 24.9 Å². The van der Waals surface area contributed by atoms with Gasteiger partial charge in [0.15, 0.2) is 17.6 Å². The van der Waals surface area contributed by atoms with Gasteiger partial charge in [-0.1, -0.05) is 24.3 Å². The molecule has 9 heteroatoms. The number of likely N-dealkylation sites (N-methyl/N-ethyl adjacent to an activating group) is 1. The van der Waals surface area contributed by atoms with Crippen LogP contribution in [0.25, 0.3) is 0 Å². The Morgan fingerprint density at radius 3 is 2.57 bits per heavy atom. The van der Waals surface area contributed by atoms with Gasteiger partial charge in [-0.25, -0.2) is 0 Å². The summed E-state index contributed by atoms with van der Waals surface area (Å²) in [4.78, 5) is 30.7. The van der Waals surface area contributed by atoms with Crippen LogP contribution in [0.4, 0.5) is 5.69 Å². The molecule has 0 spiro atoms. The van der Waals surface area contributed by atoms with Crippen molar-refractivity contribution >= 4 is 29.3 Å². The topological polar surface area (TPSA) is 77.5 Å². The second kappa shape index (κ2) is 10.7. The molecule has 2 heterocycles. The number of amides is 1. The zero-order valence-corrected chi connectivity index (χ0v) is 21.7. The quantitative estimate of drug-likeness (QED) is 0.408. The molecule has 2 aliphatic heterocycles. The lowest BCUT2D eigenvalue weighted by Gasteiger charge is -2.28. The second-order valence-electron chi connectivity index (χ2n) is 9.02. The second-order valence-corrected chi connectivity index (χ2v) is 10.2. The molecule has 2 aliphatic rings. The standard InChI is InChI=1S/C28H28N2O6S/c1-18(31)35-26-27(19-9-12-23-24(15-19)34-17-33-23)37-25-16-21(36-20-7-5-4-6-8-20)10-11-22(25)30(28(26)32)14-13-29(2)3/h4-12,15-16,26-27H,13-14,17H2,1-3H3. The minimum absolute atomic E-state index is 0.143. The van der Waals surface area contributed by atoms with Crippen LogP contribution in [0, 0.1) is 0 Å². The Hall–Kier alpha value is -3.69. The van der Waals surface area contributed by atoms with Crippen molar-refractivity contribution in [1.82, 2.24) is 4.90 Å². The lowest BCUT2D eigenvalue weighted by atomic mass is 10.0. The zero-order chi connectivity index (χ0) is 25.9. The summed E-state index contributed by atoms with van der Waals surface area (Å²) in [6.45, 7) is 2.54. The van der Waals surface area contributed by atoms with Gasteiger partial charge in [0.1, 0.15) is 11.5 Å². The van der Waals surface area contributed by atoms with E-state index in [-0.39, 0.29) is 12.7 Å². The van der Waals surface area contributed by atoms with Crippen LogP contribution in [-0.2, 0) is 14.3 Å². The Labute approximate surface area is 220 Å². The highest BCUT2D eigenvalue weighted by Crippen LogP contribution is 2.49. The monoisotopic (exact) mass is 520 g/mol. The first kappa shape index (κ1) is 25.0. The highest BCUT2D eigenvalue weighted by atomic mass is 32.2. The van der Waals surface area contributed by atoms with E-state index in [9.17, 15) is 9.59 Å². The normalized spacial score (nSPS) is 18.4. The van der Waals surface area contributed by atoms with Crippen molar-refractivity contribution in [2.24, 2.45) is 0 Å². The summed E-state index contributed by atoms with van der Waals surface area (Å²) in [5.41, 5.74) is 1.54. The van der Waals surface area contributed by atoms with Crippen LogP contribution < -0.4 is 19.1 Å². The number of carbonyl (C=O) groups is 2. The summed E-state index contributed by atoms with van der Waals surface area (Å²) in [7, 11) is 3.90. The predicted molar refractivity (Wildman–Crippen MR) is 141 cm³/mol. The number of carbonyl (C=O) groups excluding carboxylic acids is 2. The number of hydrogen-bond donors (Lipinski definition) is 0. The minimum Gasteiger partial charge on any atom is -0.457 e. The molecule has 3 aromatic carbocycles. The van der Waals surface area contributed by atoms with Crippen LogP contribution in [0.15, 0.2) is 71.6 Å². The number of anilines is 1. The maximum Gasteiger partial charge on any atom is 0.303 e. The number of benzene rings is 3. The van der Waals surface area contributed by atoms with Gasteiger partial charge in [0.25, 0.3) is 5.91 Å². The van der Waals surface area contributed by atoms with Crippen LogP contribution in [0.2, 0.25) is 0 Å². The number of thioether (sulfide) groups is 1. The van der Waals surface area contributed by atoms with Crippen LogP contribution in [0.5, 0.6) is 23.0 Å². The van der Waals surface area contributed by atoms with Gasteiger partial charge in [-0.3, -0.25) is 9.59 Å². The van der Waals surface area contributed by atoms with E-state index < -0.39 is 17.3 Å². The average Bonchev–Trinajstić information content (AvgIpc) is 3.31. The van der Waals surface area contributed by atoms with E-state index in [1.807, 2.05) is 85.7 Å². The van der Waals surface area contributed by atoms with Gasteiger partial charge in [-0.2, -0.15) is 0 Å². The summed E-state index contributed by atoms with van der Waals surface area (Å²) >= 11 is 1.46. The van der Waals surface area contributed by atoms with Crippen molar-refractivity contribution in [3.8, 4) is 23.0 Å². The molecule has 0 aromatic heterocycles. The number of rotatable bonds is 7. The van der Waals surface area contributed by atoms with Crippen molar-refractivity contribution in [3.05, 3.63) is 72.3 Å². The maximum absolute atomic E-state index is 14.0. The van der Waals surface area contributed by atoms with Crippen molar-refractivity contribution in [2.45, 2.75) is 23.2 Å². The molecule has 0 bridgehead atoms. The summed E-state index contributed by atoms with van der Waals surface area (Å²) in [5.74, 6) is 1.81. The molecule has 1 amide bonds. The van der Waals surface area contributed by atoms with Crippen molar-refractivity contribution in [1.29, 1.82) is 0 Å². The molecule has 0 aliphatic carbocycles. The first-order valence-corrected chi connectivity index (χ1v) is 12.8. The molecule has 0 fully saturated rings. The van der Waals surface area contributed by atoms with Crippen LogP contribution in [0.3, 0.4) is 0 Å². The zero-order valence-electron chi connectivity index (χ0n) is 20.9. The van der Waals surface area contributed by atoms with Crippen LogP contribution in [0.1, 0.15) is 17.7 Å². The summed E-state index contributed by atoms with van der Waals surface area (Å²) in [5, 5.41) is -0.513. The molecule has 37 heavy (non-hydrogen) atoms. The fourth-order valence-corrected chi connectivity index (χ4v) is 5.59. The third-order valence-corrected chi connectivity index (χ3v) is 7.38. The fourth-order valence-electron chi connectivity index (χ4n) is 4.25. The van der Waals surface area contributed by atoms with E-state index in [1.165, 1.54) is 18.7 Å². The van der Waals surface area contributed by atoms with E-state index in [2.05, 4.69) is 0 Å². The van der Waals surface area contributed by atoms with Crippen molar-refractivity contribution in [3.63, 3.8) is 0 Å². The molecule has 2 atom stereocenters. The third-order valence-electron chi connectivity index (χ3n) is 6.03.